The molecular weight excluding hydrogens is 687 g/mol. The molecule has 2 heteroatoms. The molecule has 0 saturated carbocycles. The molecule has 0 aromatic heterocycles. The molecule has 0 aromatic carbocycles. The van der Waals surface area contributed by atoms with Gasteiger partial charge in [-0.1, -0.05) is 78.1 Å². The number of hydrogen-bond acceptors (Lipinski definition) is 0. The molecule has 0 saturated heterocycles. The van der Waals surface area contributed by atoms with E-state index < -0.39 is 5.31 Å². The molecule has 0 nitrogen and oxygen atoms in total. The smallest absolute Gasteiger partial charge is 0.0654 e. The summed E-state index contributed by atoms with van der Waals surface area (Å²) in [5, 5.41) is -1.80. The van der Waals surface area contributed by atoms with E-state index in [0.29, 0.717) is 0 Å². The molecule has 0 amide bonds. The van der Waals surface area contributed by atoms with Crippen LogP contribution in [-0.2, 0) is 0 Å². The van der Waals surface area contributed by atoms with Gasteiger partial charge >= 0.3 is 252 Å². The van der Waals surface area contributed by atoms with E-state index in [1.807, 2.05) is 0 Å². The van der Waals surface area contributed by atoms with Gasteiger partial charge in [-0.25, -0.2) is 0 Å². The van der Waals surface area contributed by atoms with Gasteiger partial charge in [0, 0.05) is 0 Å². The zero-order chi connectivity index (χ0) is 36.6. The molecule has 50 heavy (non-hydrogen) atoms. The first-order valence-electron chi connectivity index (χ1n) is 24.3. The average molecular weight is 788 g/mol. The third-order valence-corrected chi connectivity index (χ3v) is 22.3. The Morgan fingerprint density at radius 3 is 0.480 bits per heavy atom. The third-order valence-electron chi connectivity index (χ3n) is 12.3. The Morgan fingerprint density at radius 2 is 0.320 bits per heavy atom. The molecule has 0 aliphatic heterocycles. The van der Waals surface area contributed by atoms with Gasteiger partial charge in [-0.2, -0.15) is 0 Å². The predicted octanol–water partition coefficient (Wildman–Crippen LogP) is 19.5. The summed E-state index contributed by atoms with van der Waals surface area (Å²) >= 11 is 4.82. The third kappa shape index (κ3) is 34.7. The van der Waals surface area contributed by atoms with Gasteiger partial charge in [-0.3, -0.25) is 0 Å². The summed E-state index contributed by atoms with van der Waals surface area (Å²) < 4.78 is 0. The van der Waals surface area contributed by atoms with Crippen LogP contribution in [0.4, 0.5) is 0 Å². The summed E-state index contributed by atoms with van der Waals surface area (Å²) in [6.07, 6.45) is 65.0. The van der Waals surface area contributed by atoms with Crippen molar-refractivity contribution in [1.82, 2.24) is 0 Å². The van der Waals surface area contributed by atoms with Crippen LogP contribution in [0.3, 0.4) is 0 Å². The molecule has 0 aliphatic carbocycles. The first-order chi connectivity index (χ1) is 24.5. The SMILES string of the molecule is CCCCCCCCCCCCCCCCCCP(Br)(CCCCCC)(CCCCCC)CCCCCCCCCCCCCCCCCC. The van der Waals surface area contributed by atoms with Crippen molar-refractivity contribution in [2.45, 2.75) is 285 Å². The van der Waals surface area contributed by atoms with Gasteiger partial charge in [-0.05, 0) is 0 Å². The van der Waals surface area contributed by atoms with Crippen molar-refractivity contribution in [1.29, 1.82) is 0 Å². The summed E-state index contributed by atoms with van der Waals surface area (Å²) in [6.45, 7) is 9.40. The minimum absolute atomic E-state index is 1.37. The molecule has 0 heterocycles. The van der Waals surface area contributed by atoms with Crippen molar-refractivity contribution in [3.05, 3.63) is 0 Å². The van der Waals surface area contributed by atoms with Crippen LogP contribution in [0.5, 0.6) is 0 Å². The molecule has 0 aromatic rings. The monoisotopic (exact) mass is 787 g/mol. The molecule has 0 spiro atoms. The van der Waals surface area contributed by atoms with Crippen molar-refractivity contribution < 1.29 is 0 Å². The minimum atomic E-state index is -1.80. The van der Waals surface area contributed by atoms with E-state index >= 15 is 0 Å². The Morgan fingerprint density at radius 1 is 0.200 bits per heavy atom. The van der Waals surface area contributed by atoms with E-state index in [1.54, 1.807) is 24.6 Å². The van der Waals surface area contributed by atoms with Crippen LogP contribution in [0, 0.1) is 0 Å². The number of halogens is 1. The summed E-state index contributed by atoms with van der Waals surface area (Å²) in [7, 11) is 0. The van der Waals surface area contributed by atoms with Crippen LogP contribution in [0.2, 0.25) is 0 Å². The van der Waals surface area contributed by atoms with Crippen LogP contribution in [0.15, 0.2) is 0 Å². The van der Waals surface area contributed by atoms with Crippen LogP contribution >= 0.6 is 20.8 Å². The Bertz CT molecular complexity index is 580. The molecule has 0 rings (SSSR count). The van der Waals surface area contributed by atoms with Gasteiger partial charge < -0.3 is 0 Å². The van der Waals surface area contributed by atoms with Crippen molar-refractivity contribution in [3.8, 4) is 0 Å². The summed E-state index contributed by atoms with van der Waals surface area (Å²) in [4.78, 5) is 0. The number of unbranched alkanes of at least 4 members (excludes halogenated alkanes) is 36. The van der Waals surface area contributed by atoms with E-state index in [4.69, 9.17) is 15.5 Å². The van der Waals surface area contributed by atoms with Gasteiger partial charge in [0.1, 0.15) is 0 Å². The zero-order valence-electron chi connectivity index (χ0n) is 35.9. The Hall–Kier alpha value is 0.910. The van der Waals surface area contributed by atoms with Gasteiger partial charge in [0.15, 0.2) is 0 Å². The second kappa shape index (κ2) is 39.6. The fraction of sp³-hybridized carbons (Fsp3) is 1.00. The van der Waals surface area contributed by atoms with E-state index in [1.165, 1.54) is 257 Å². The van der Waals surface area contributed by atoms with Crippen LogP contribution in [0.1, 0.15) is 285 Å². The summed E-state index contributed by atoms with van der Waals surface area (Å²) in [6, 6.07) is 0. The maximum absolute atomic E-state index is 4.82. The second-order valence-electron chi connectivity index (χ2n) is 17.4. The van der Waals surface area contributed by atoms with Crippen LogP contribution in [0.25, 0.3) is 0 Å². The predicted molar refractivity (Wildman–Crippen MR) is 243 cm³/mol. The first kappa shape index (κ1) is 50.9. The molecule has 0 bridgehead atoms. The van der Waals surface area contributed by atoms with Crippen LogP contribution < -0.4 is 0 Å². The quantitative estimate of drug-likeness (QED) is 0.0426. The molecule has 0 N–H and O–H groups in total. The number of rotatable bonds is 44. The van der Waals surface area contributed by atoms with Gasteiger partial charge in [0.05, 0.1) is 0 Å². The molecule has 0 radical (unpaired) electrons. The number of hydrogen-bond donors (Lipinski definition) is 0. The Balaban J connectivity index is 4.40. The Kier molecular flexibility index (Phi) is 40.3. The molecule has 0 unspecified atom stereocenters. The zero-order valence-corrected chi connectivity index (χ0v) is 38.4. The van der Waals surface area contributed by atoms with E-state index in [9.17, 15) is 0 Å². The standard InChI is InChI=1S/C48H100BrP/c1-5-9-13-17-19-21-23-25-27-29-31-33-35-37-39-43-47-50(49,45-41-15-11-7-3,46-42-16-12-8-4)48-44-40-38-36-34-32-30-28-26-24-22-20-18-14-10-6-2/h5-48H2,1-4H3. The first-order valence-corrected chi connectivity index (χ1v) is 29.3. The van der Waals surface area contributed by atoms with Crippen molar-refractivity contribution in [3.63, 3.8) is 0 Å². The summed E-state index contributed by atoms with van der Waals surface area (Å²) in [5.74, 6) is 0. The minimum Gasteiger partial charge on any atom is -0.0654 e. The van der Waals surface area contributed by atoms with Crippen LogP contribution in [-0.4, -0.2) is 24.6 Å². The van der Waals surface area contributed by atoms with E-state index in [-0.39, 0.29) is 0 Å². The van der Waals surface area contributed by atoms with E-state index in [0.717, 1.165) is 0 Å². The topological polar surface area (TPSA) is 0 Å². The van der Waals surface area contributed by atoms with Crippen molar-refractivity contribution in [2.75, 3.05) is 24.6 Å². The molecule has 0 fully saturated rings. The fourth-order valence-corrected chi connectivity index (χ4v) is 17.1. The molecular formula is C48H100BrP. The van der Waals surface area contributed by atoms with Crippen molar-refractivity contribution >= 4 is 20.8 Å². The summed E-state index contributed by atoms with van der Waals surface area (Å²) in [5.41, 5.74) is 0. The maximum atomic E-state index is 4.82. The van der Waals surface area contributed by atoms with Gasteiger partial charge in [-0.15, -0.1) is 0 Å². The average Bonchev–Trinajstić information content (AvgIpc) is 3.12. The molecule has 0 atom stereocenters. The fourth-order valence-electron chi connectivity index (χ4n) is 8.65. The molecule has 304 valence electrons. The van der Waals surface area contributed by atoms with Gasteiger partial charge in [0.2, 0.25) is 0 Å². The Labute approximate surface area is 328 Å². The van der Waals surface area contributed by atoms with E-state index in [2.05, 4.69) is 27.7 Å². The van der Waals surface area contributed by atoms with Gasteiger partial charge in [0.25, 0.3) is 0 Å². The normalized spacial score (nSPS) is 12.9. The van der Waals surface area contributed by atoms with Crippen molar-refractivity contribution in [2.24, 2.45) is 0 Å². The molecule has 0 aliphatic rings. The second-order valence-corrected chi connectivity index (χ2v) is 28.9.